The van der Waals surface area contributed by atoms with Crippen molar-refractivity contribution in [1.29, 1.82) is 0 Å². The number of azo groups is 1. The molecule has 4 nitrogen and oxygen atoms in total. The summed E-state index contributed by atoms with van der Waals surface area (Å²) in [7, 11) is 0. The van der Waals surface area contributed by atoms with Gasteiger partial charge in [0.1, 0.15) is 0 Å². The van der Waals surface area contributed by atoms with Crippen molar-refractivity contribution >= 4 is 22.3 Å². The van der Waals surface area contributed by atoms with Gasteiger partial charge in [0, 0.05) is 11.9 Å². The Kier molecular flexibility index (Phi) is 3.67. The molecule has 1 N–H and O–H groups in total. The Morgan fingerprint density at radius 3 is 2.55 bits per heavy atom. The van der Waals surface area contributed by atoms with Crippen molar-refractivity contribution < 1.29 is 5.11 Å². The second-order valence-corrected chi connectivity index (χ2v) is 5.42. The van der Waals surface area contributed by atoms with E-state index in [9.17, 15) is 5.11 Å². The zero-order valence-electron chi connectivity index (χ0n) is 13.0. The highest BCUT2D eigenvalue weighted by Crippen LogP contribution is 2.40. The minimum absolute atomic E-state index is 0.167. The Hall–Kier alpha value is -2.62. The van der Waals surface area contributed by atoms with Crippen molar-refractivity contribution in [2.45, 2.75) is 27.3 Å². The molecule has 0 unspecified atom stereocenters. The smallest absolute Gasteiger partial charge is 0.220 e. The Morgan fingerprint density at radius 1 is 1.05 bits per heavy atom. The molecule has 3 rings (SSSR count). The molecule has 0 aliphatic heterocycles. The number of hydrogen-bond donors (Lipinski definition) is 1. The van der Waals surface area contributed by atoms with E-state index in [2.05, 4.69) is 10.2 Å². The van der Waals surface area contributed by atoms with Crippen LogP contribution in [0.3, 0.4) is 0 Å². The van der Waals surface area contributed by atoms with Gasteiger partial charge in [0.2, 0.25) is 5.88 Å². The average molecular weight is 293 g/mol. The molecule has 1 aromatic heterocycles. The quantitative estimate of drug-likeness (QED) is 0.646. The fraction of sp³-hybridized carbons (Fsp3) is 0.222. The summed E-state index contributed by atoms with van der Waals surface area (Å²) in [5.74, 6) is 0.167. The number of nitrogens with zero attached hydrogens (tertiary/aromatic N) is 3. The molecule has 0 fully saturated rings. The summed E-state index contributed by atoms with van der Waals surface area (Å²) in [5, 5.41) is 20.0. The summed E-state index contributed by atoms with van der Waals surface area (Å²) in [6, 6.07) is 13.9. The molecular weight excluding hydrogens is 274 g/mol. The monoisotopic (exact) mass is 293 g/mol. The second-order valence-electron chi connectivity index (χ2n) is 5.42. The van der Waals surface area contributed by atoms with Gasteiger partial charge in [-0.05, 0) is 44.5 Å². The molecule has 0 aliphatic carbocycles. The number of aryl methyl sites for hydroxylation is 3. The third kappa shape index (κ3) is 2.37. The van der Waals surface area contributed by atoms with E-state index >= 15 is 0 Å². The van der Waals surface area contributed by atoms with Crippen LogP contribution in [0.1, 0.15) is 18.1 Å². The number of aromatic nitrogens is 1. The first-order chi connectivity index (χ1) is 10.6. The van der Waals surface area contributed by atoms with Crippen LogP contribution < -0.4 is 0 Å². The van der Waals surface area contributed by atoms with Crippen molar-refractivity contribution in [2.24, 2.45) is 10.2 Å². The molecule has 3 aromatic rings. The molecule has 0 bridgehead atoms. The topological polar surface area (TPSA) is 49.9 Å². The molecule has 2 aromatic carbocycles. The average Bonchev–Trinajstić information content (AvgIpc) is 2.77. The maximum atomic E-state index is 10.5. The summed E-state index contributed by atoms with van der Waals surface area (Å²) in [6.07, 6.45) is 0. The predicted molar refractivity (Wildman–Crippen MR) is 89.4 cm³/mol. The van der Waals surface area contributed by atoms with Gasteiger partial charge in [-0.3, -0.25) is 0 Å². The van der Waals surface area contributed by atoms with E-state index in [1.54, 1.807) is 0 Å². The third-order valence-corrected chi connectivity index (χ3v) is 3.85. The van der Waals surface area contributed by atoms with Gasteiger partial charge in [-0.2, -0.15) is 5.11 Å². The maximum absolute atomic E-state index is 10.5. The Bertz CT molecular complexity index is 862. The van der Waals surface area contributed by atoms with Gasteiger partial charge in [0.15, 0.2) is 5.69 Å². The number of aromatic hydroxyl groups is 1. The maximum Gasteiger partial charge on any atom is 0.220 e. The standard InChI is InChI=1S/C18H19N3O/c1-4-21-16-10-9-12(2)11-14(16)17(18(21)22)20-19-15-8-6-5-7-13(15)3/h5-11,22H,4H2,1-3H3. The molecule has 0 aliphatic rings. The van der Waals surface area contributed by atoms with Crippen LogP contribution in [0, 0.1) is 13.8 Å². The van der Waals surface area contributed by atoms with Crippen LogP contribution >= 0.6 is 0 Å². The van der Waals surface area contributed by atoms with E-state index in [4.69, 9.17) is 0 Å². The zero-order chi connectivity index (χ0) is 15.7. The zero-order valence-corrected chi connectivity index (χ0v) is 13.0. The molecule has 0 atom stereocenters. The van der Waals surface area contributed by atoms with Gasteiger partial charge in [0.05, 0.1) is 11.2 Å². The van der Waals surface area contributed by atoms with Crippen molar-refractivity contribution in [3.8, 4) is 5.88 Å². The minimum atomic E-state index is 0.167. The van der Waals surface area contributed by atoms with Crippen LogP contribution in [0.5, 0.6) is 5.88 Å². The van der Waals surface area contributed by atoms with Crippen molar-refractivity contribution in [1.82, 2.24) is 4.57 Å². The molecule has 0 radical (unpaired) electrons. The summed E-state index contributed by atoms with van der Waals surface area (Å²) >= 11 is 0. The van der Waals surface area contributed by atoms with Crippen molar-refractivity contribution in [3.63, 3.8) is 0 Å². The normalized spacial score (nSPS) is 11.6. The van der Waals surface area contributed by atoms with Gasteiger partial charge in [-0.1, -0.05) is 29.8 Å². The Balaban J connectivity index is 2.16. The van der Waals surface area contributed by atoms with Crippen molar-refractivity contribution in [3.05, 3.63) is 53.6 Å². The second kappa shape index (κ2) is 5.64. The summed E-state index contributed by atoms with van der Waals surface area (Å²) in [5.41, 5.74) is 4.51. The van der Waals surface area contributed by atoms with E-state index in [-0.39, 0.29) is 5.88 Å². The summed E-state index contributed by atoms with van der Waals surface area (Å²) in [6.45, 7) is 6.71. The summed E-state index contributed by atoms with van der Waals surface area (Å²) < 4.78 is 1.85. The van der Waals surface area contributed by atoms with Gasteiger partial charge < -0.3 is 9.67 Å². The van der Waals surface area contributed by atoms with Crippen LogP contribution in [-0.4, -0.2) is 9.67 Å². The lowest BCUT2D eigenvalue weighted by atomic mass is 10.1. The molecule has 22 heavy (non-hydrogen) atoms. The molecule has 0 amide bonds. The van der Waals surface area contributed by atoms with Crippen LogP contribution in [0.2, 0.25) is 0 Å². The lowest BCUT2D eigenvalue weighted by Gasteiger charge is -2.01. The predicted octanol–water partition coefficient (Wildman–Crippen LogP) is 5.40. The molecule has 0 saturated carbocycles. The molecule has 0 spiro atoms. The fourth-order valence-electron chi connectivity index (χ4n) is 2.64. The van der Waals surface area contributed by atoms with Gasteiger partial charge >= 0.3 is 0 Å². The first-order valence-electron chi connectivity index (χ1n) is 7.41. The Labute approximate surface area is 129 Å². The SMILES string of the molecule is CCn1c(O)c(N=Nc2ccccc2C)c2cc(C)ccc21. The van der Waals surface area contributed by atoms with Crippen LogP contribution in [0.15, 0.2) is 52.7 Å². The number of benzene rings is 2. The van der Waals surface area contributed by atoms with E-state index < -0.39 is 0 Å². The minimum Gasteiger partial charge on any atom is -0.493 e. The largest absolute Gasteiger partial charge is 0.493 e. The van der Waals surface area contributed by atoms with Gasteiger partial charge in [-0.25, -0.2) is 0 Å². The first-order valence-corrected chi connectivity index (χ1v) is 7.41. The molecular formula is C18H19N3O. The molecule has 4 heteroatoms. The van der Waals surface area contributed by atoms with E-state index in [1.807, 2.05) is 67.8 Å². The number of hydrogen-bond acceptors (Lipinski definition) is 3. The Morgan fingerprint density at radius 2 is 1.82 bits per heavy atom. The number of fused-ring (bicyclic) bond motifs is 1. The molecule has 1 heterocycles. The van der Waals surface area contributed by atoms with E-state index in [0.29, 0.717) is 12.2 Å². The van der Waals surface area contributed by atoms with Crippen LogP contribution in [-0.2, 0) is 6.54 Å². The fourth-order valence-corrected chi connectivity index (χ4v) is 2.64. The lowest BCUT2D eigenvalue weighted by Crippen LogP contribution is -1.91. The van der Waals surface area contributed by atoms with Gasteiger partial charge in [-0.15, -0.1) is 5.11 Å². The summed E-state index contributed by atoms with van der Waals surface area (Å²) in [4.78, 5) is 0. The van der Waals surface area contributed by atoms with Crippen LogP contribution in [0.4, 0.5) is 11.4 Å². The highest BCUT2D eigenvalue weighted by molar-refractivity contribution is 5.95. The molecule has 112 valence electrons. The third-order valence-electron chi connectivity index (χ3n) is 3.85. The van der Waals surface area contributed by atoms with Crippen LogP contribution in [0.25, 0.3) is 10.9 Å². The number of rotatable bonds is 3. The van der Waals surface area contributed by atoms with E-state index in [0.717, 1.165) is 27.7 Å². The highest BCUT2D eigenvalue weighted by atomic mass is 16.3. The van der Waals surface area contributed by atoms with Gasteiger partial charge in [0.25, 0.3) is 0 Å². The molecule has 0 saturated heterocycles. The lowest BCUT2D eigenvalue weighted by molar-refractivity contribution is 0.427. The van der Waals surface area contributed by atoms with E-state index in [1.165, 1.54) is 0 Å². The first kappa shape index (κ1) is 14.3. The van der Waals surface area contributed by atoms with Crippen molar-refractivity contribution in [2.75, 3.05) is 0 Å². The highest BCUT2D eigenvalue weighted by Gasteiger charge is 2.15.